The molecule has 0 amide bonds. The van der Waals surface area contributed by atoms with Gasteiger partial charge in [-0.15, -0.1) is 0 Å². The van der Waals surface area contributed by atoms with E-state index in [0.29, 0.717) is 18.4 Å². The lowest BCUT2D eigenvalue weighted by molar-refractivity contribution is -0.00403. The van der Waals surface area contributed by atoms with Crippen molar-refractivity contribution in [2.45, 2.75) is 50.2 Å². The molecule has 3 atom stereocenters. The Balaban J connectivity index is 1.45. The van der Waals surface area contributed by atoms with Crippen molar-refractivity contribution >= 4 is 11.2 Å². The number of ether oxygens (including phenoxy) is 1. The van der Waals surface area contributed by atoms with E-state index in [-0.39, 0.29) is 18.0 Å². The van der Waals surface area contributed by atoms with Crippen LogP contribution >= 0.6 is 0 Å². The number of benzene rings is 1. The third-order valence-electron chi connectivity index (χ3n) is 5.73. The van der Waals surface area contributed by atoms with Crippen LogP contribution in [0.5, 0.6) is 0 Å². The monoisotopic (exact) mass is 397 g/mol. The number of hydrogen-bond donors (Lipinski definition) is 2. The molecule has 1 aliphatic carbocycles. The third kappa shape index (κ3) is 6.06. The first-order valence-electron chi connectivity index (χ1n) is 9.96. The standard InChI is InChI=1S/C20H32FN3O2S/c1-24(2)27(25)23-20-10-11-22-13-17(20)14-26-19-8-6-15(7-9-19)16-4-3-5-18(21)12-16/h3-5,12,15,17,19-20,22-23H,6-11,13-14H2,1-2H3/t15?,17-,19?,20-,27?/m0/s1. The van der Waals surface area contributed by atoms with Crippen LogP contribution < -0.4 is 10.0 Å². The minimum absolute atomic E-state index is 0.149. The van der Waals surface area contributed by atoms with Gasteiger partial charge in [-0.3, -0.25) is 0 Å². The fourth-order valence-corrected chi connectivity index (χ4v) is 4.85. The van der Waals surface area contributed by atoms with Crippen LogP contribution in [0.25, 0.3) is 0 Å². The van der Waals surface area contributed by atoms with Crippen LogP contribution in [-0.2, 0) is 15.9 Å². The van der Waals surface area contributed by atoms with Gasteiger partial charge in [0.25, 0.3) is 0 Å². The summed E-state index contributed by atoms with van der Waals surface area (Å²) in [7, 11) is 3.62. The molecule has 0 spiro atoms. The van der Waals surface area contributed by atoms with Crippen LogP contribution in [0.2, 0.25) is 0 Å². The van der Waals surface area contributed by atoms with Crippen LogP contribution in [-0.4, -0.2) is 54.5 Å². The van der Waals surface area contributed by atoms with Crippen LogP contribution in [0.15, 0.2) is 24.3 Å². The van der Waals surface area contributed by atoms with Gasteiger partial charge in [0.15, 0.2) is 11.2 Å². The molecular formula is C20H32FN3O2S. The molecule has 1 saturated heterocycles. The molecule has 2 N–H and O–H groups in total. The zero-order chi connectivity index (χ0) is 19.2. The molecular weight excluding hydrogens is 365 g/mol. The van der Waals surface area contributed by atoms with E-state index >= 15 is 0 Å². The molecule has 1 aliphatic heterocycles. The number of halogens is 1. The van der Waals surface area contributed by atoms with Crippen molar-refractivity contribution in [1.29, 1.82) is 0 Å². The van der Waals surface area contributed by atoms with Crippen LogP contribution in [0.1, 0.15) is 43.6 Å². The van der Waals surface area contributed by atoms with Crippen molar-refractivity contribution in [2.24, 2.45) is 5.92 Å². The Morgan fingerprint density at radius 1 is 1.26 bits per heavy atom. The molecule has 0 bridgehead atoms. The minimum Gasteiger partial charge on any atom is -0.378 e. The summed E-state index contributed by atoms with van der Waals surface area (Å²) in [5, 5.41) is 3.42. The van der Waals surface area contributed by atoms with Crippen molar-refractivity contribution < 1.29 is 13.3 Å². The molecule has 3 rings (SSSR count). The first kappa shape index (κ1) is 20.9. The van der Waals surface area contributed by atoms with Gasteiger partial charge in [0, 0.05) is 32.6 Å². The molecule has 1 unspecified atom stereocenters. The maximum atomic E-state index is 13.4. The molecule has 0 radical (unpaired) electrons. The maximum absolute atomic E-state index is 13.4. The van der Waals surface area contributed by atoms with Gasteiger partial charge in [0.05, 0.1) is 12.7 Å². The van der Waals surface area contributed by atoms with E-state index in [1.165, 1.54) is 6.07 Å². The van der Waals surface area contributed by atoms with Crippen molar-refractivity contribution in [3.63, 3.8) is 0 Å². The van der Waals surface area contributed by atoms with Gasteiger partial charge >= 0.3 is 0 Å². The van der Waals surface area contributed by atoms with Gasteiger partial charge < -0.3 is 10.1 Å². The van der Waals surface area contributed by atoms with Gasteiger partial charge in [-0.2, -0.15) is 0 Å². The average molecular weight is 398 g/mol. The number of rotatable bonds is 7. The summed E-state index contributed by atoms with van der Waals surface area (Å²) < 4.78 is 36.7. The van der Waals surface area contributed by atoms with E-state index in [2.05, 4.69) is 10.0 Å². The second kappa shape index (κ2) is 10.1. The van der Waals surface area contributed by atoms with Gasteiger partial charge in [-0.25, -0.2) is 17.6 Å². The smallest absolute Gasteiger partial charge is 0.169 e. The summed E-state index contributed by atoms with van der Waals surface area (Å²) in [6, 6.07) is 7.21. The summed E-state index contributed by atoms with van der Waals surface area (Å²) in [5.41, 5.74) is 1.11. The fourth-order valence-electron chi connectivity index (χ4n) is 4.07. The molecule has 1 aromatic rings. The average Bonchev–Trinajstić information content (AvgIpc) is 2.67. The van der Waals surface area contributed by atoms with Crippen LogP contribution in [0, 0.1) is 11.7 Å². The SMILES string of the molecule is CN(C)S(=O)N[C@H]1CCNC[C@H]1COC1CCC(c2cccc(F)c2)CC1. The quantitative estimate of drug-likeness (QED) is 0.744. The Morgan fingerprint density at radius 2 is 2.04 bits per heavy atom. The van der Waals surface area contributed by atoms with E-state index in [1.54, 1.807) is 16.4 Å². The minimum atomic E-state index is -1.16. The topological polar surface area (TPSA) is 53.6 Å². The first-order valence-corrected chi connectivity index (χ1v) is 11.1. The number of hydrogen-bond acceptors (Lipinski definition) is 3. The Kier molecular flexibility index (Phi) is 7.78. The normalized spacial score (nSPS) is 30.4. The molecule has 1 saturated carbocycles. The molecule has 152 valence electrons. The fraction of sp³-hybridized carbons (Fsp3) is 0.700. The van der Waals surface area contributed by atoms with Gasteiger partial charge in [-0.05, 0) is 62.3 Å². The van der Waals surface area contributed by atoms with Gasteiger partial charge in [-0.1, -0.05) is 12.1 Å². The van der Waals surface area contributed by atoms with E-state index in [0.717, 1.165) is 50.8 Å². The van der Waals surface area contributed by atoms with Crippen LogP contribution in [0.3, 0.4) is 0 Å². The Morgan fingerprint density at radius 3 is 2.74 bits per heavy atom. The van der Waals surface area contributed by atoms with Gasteiger partial charge in [0.2, 0.25) is 0 Å². The summed E-state index contributed by atoms with van der Waals surface area (Å²) in [5.74, 6) is 0.613. The van der Waals surface area contributed by atoms with Crippen molar-refractivity contribution in [1.82, 2.24) is 14.3 Å². The van der Waals surface area contributed by atoms with Gasteiger partial charge in [0.1, 0.15) is 5.82 Å². The summed E-state index contributed by atoms with van der Waals surface area (Å²) in [4.78, 5) is 0. The number of nitrogens with one attached hydrogen (secondary N) is 2. The molecule has 7 heteroatoms. The lowest BCUT2D eigenvalue weighted by Gasteiger charge is -2.35. The summed E-state index contributed by atoms with van der Waals surface area (Å²) in [6.45, 7) is 2.52. The summed E-state index contributed by atoms with van der Waals surface area (Å²) in [6.07, 6.45) is 5.36. The second-order valence-corrected chi connectivity index (χ2v) is 9.37. The highest BCUT2D eigenvalue weighted by atomic mass is 32.2. The second-order valence-electron chi connectivity index (χ2n) is 7.90. The van der Waals surface area contributed by atoms with E-state index < -0.39 is 11.2 Å². The van der Waals surface area contributed by atoms with Crippen LogP contribution in [0.4, 0.5) is 4.39 Å². The highest BCUT2D eigenvalue weighted by molar-refractivity contribution is 7.80. The maximum Gasteiger partial charge on any atom is 0.169 e. The third-order valence-corrected chi connectivity index (χ3v) is 6.90. The lowest BCUT2D eigenvalue weighted by Crippen LogP contribution is -2.51. The molecule has 2 aliphatic rings. The first-order chi connectivity index (χ1) is 13.0. The highest BCUT2D eigenvalue weighted by Crippen LogP contribution is 2.34. The zero-order valence-corrected chi connectivity index (χ0v) is 17.1. The lowest BCUT2D eigenvalue weighted by atomic mass is 9.82. The van der Waals surface area contributed by atoms with Crippen molar-refractivity contribution in [3.05, 3.63) is 35.6 Å². The van der Waals surface area contributed by atoms with Crippen molar-refractivity contribution in [2.75, 3.05) is 33.8 Å². The van der Waals surface area contributed by atoms with E-state index in [1.807, 2.05) is 20.2 Å². The predicted octanol–water partition coefficient (Wildman–Crippen LogP) is 2.58. The molecule has 5 nitrogen and oxygen atoms in total. The zero-order valence-electron chi connectivity index (χ0n) is 16.3. The number of piperidine rings is 1. The van der Waals surface area contributed by atoms with E-state index in [4.69, 9.17) is 4.74 Å². The van der Waals surface area contributed by atoms with Crippen molar-refractivity contribution in [3.8, 4) is 0 Å². The highest BCUT2D eigenvalue weighted by Gasteiger charge is 2.29. The molecule has 1 aromatic carbocycles. The Hall–Kier alpha value is -0.860. The summed E-state index contributed by atoms with van der Waals surface area (Å²) >= 11 is -1.16. The molecule has 1 heterocycles. The molecule has 0 aromatic heterocycles. The predicted molar refractivity (Wildman–Crippen MR) is 107 cm³/mol. The number of nitrogens with zero attached hydrogens (tertiary/aromatic N) is 1. The molecule has 2 fully saturated rings. The van der Waals surface area contributed by atoms with E-state index in [9.17, 15) is 8.60 Å². The Bertz CT molecular complexity index is 623. The molecule has 27 heavy (non-hydrogen) atoms. The Labute approximate surface area is 164 Å². The largest absolute Gasteiger partial charge is 0.378 e.